The summed E-state index contributed by atoms with van der Waals surface area (Å²) in [6, 6.07) is 4.72. The molecule has 0 spiro atoms. The molecule has 4 heteroatoms. The first-order valence-electron chi connectivity index (χ1n) is 7.46. The highest BCUT2D eigenvalue weighted by Gasteiger charge is 2.29. The molecule has 1 aliphatic rings. The molecule has 1 fully saturated rings. The zero-order valence-electron chi connectivity index (χ0n) is 12.6. The van der Waals surface area contributed by atoms with Gasteiger partial charge in [-0.1, -0.05) is 26.3 Å². The fourth-order valence-corrected chi connectivity index (χ4v) is 3.79. The summed E-state index contributed by atoms with van der Waals surface area (Å²) in [6.07, 6.45) is 4.20. The van der Waals surface area contributed by atoms with Crippen molar-refractivity contribution in [2.75, 3.05) is 7.11 Å². The summed E-state index contributed by atoms with van der Waals surface area (Å²) in [5, 5.41) is 5.78. The van der Waals surface area contributed by atoms with Crippen LogP contribution < -0.4 is 5.32 Å². The van der Waals surface area contributed by atoms with E-state index in [1.54, 1.807) is 11.3 Å². The average Bonchev–Trinajstić information content (AvgIpc) is 2.96. The van der Waals surface area contributed by atoms with Crippen molar-refractivity contribution in [1.82, 2.24) is 5.32 Å². The third kappa shape index (κ3) is 4.06. The van der Waals surface area contributed by atoms with Gasteiger partial charge in [-0.3, -0.25) is 4.79 Å². The summed E-state index contributed by atoms with van der Waals surface area (Å²) in [5.74, 6) is 1.30. The van der Waals surface area contributed by atoms with Gasteiger partial charge in [0.15, 0.2) is 0 Å². The molecule has 20 heavy (non-hydrogen) atoms. The maximum Gasteiger partial charge on any atom is 0.307 e. The zero-order chi connectivity index (χ0) is 14.5. The first-order chi connectivity index (χ1) is 9.60. The third-order valence-corrected chi connectivity index (χ3v) is 5.34. The Hall–Kier alpha value is -0.870. The van der Waals surface area contributed by atoms with Gasteiger partial charge in [0.1, 0.15) is 0 Å². The van der Waals surface area contributed by atoms with Crippen LogP contribution in [-0.2, 0) is 9.53 Å². The summed E-state index contributed by atoms with van der Waals surface area (Å²) in [6.45, 7) is 4.63. The smallest absolute Gasteiger partial charge is 0.307 e. The molecular formula is C16H25NO2S. The fourth-order valence-electron chi connectivity index (χ4n) is 3.00. The van der Waals surface area contributed by atoms with Crippen molar-refractivity contribution >= 4 is 17.3 Å². The zero-order valence-corrected chi connectivity index (χ0v) is 13.4. The van der Waals surface area contributed by atoms with Gasteiger partial charge < -0.3 is 10.1 Å². The number of hydrogen-bond donors (Lipinski definition) is 1. The largest absolute Gasteiger partial charge is 0.469 e. The number of methoxy groups -OCH3 is 1. The van der Waals surface area contributed by atoms with Crippen molar-refractivity contribution in [2.45, 2.75) is 51.6 Å². The predicted molar refractivity (Wildman–Crippen MR) is 82.8 cm³/mol. The Bertz CT molecular complexity index is 418. The molecule has 1 heterocycles. The molecule has 0 saturated heterocycles. The highest BCUT2D eigenvalue weighted by Crippen LogP contribution is 2.31. The SMILES string of the molecule is COC(=O)CC(NC1CC(C)CCC1C)c1cccs1. The van der Waals surface area contributed by atoms with Crippen LogP contribution in [0.2, 0.25) is 0 Å². The van der Waals surface area contributed by atoms with Crippen LogP contribution in [0.15, 0.2) is 17.5 Å². The molecule has 0 aromatic carbocycles. The van der Waals surface area contributed by atoms with E-state index in [0.29, 0.717) is 18.4 Å². The number of nitrogens with one attached hydrogen (secondary N) is 1. The molecule has 0 aliphatic heterocycles. The van der Waals surface area contributed by atoms with E-state index in [1.807, 2.05) is 6.07 Å². The van der Waals surface area contributed by atoms with Crippen LogP contribution in [0.3, 0.4) is 0 Å². The number of ether oxygens (including phenoxy) is 1. The van der Waals surface area contributed by atoms with Crippen LogP contribution >= 0.6 is 11.3 Å². The van der Waals surface area contributed by atoms with E-state index in [2.05, 4.69) is 30.6 Å². The Kier molecular flexibility index (Phi) is 5.61. The molecule has 112 valence electrons. The van der Waals surface area contributed by atoms with Gasteiger partial charge in [0.25, 0.3) is 0 Å². The van der Waals surface area contributed by atoms with Crippen LogP contribution in [0.4, 0.5) is 0 Å². The first-order valence-corrected chi connectivity index (χ1v) is 8.34. The molecular weight excluding hydrogens is 270 g/mol. The molecule has 0 radical (unpaired) electrons. The van der Waals surface area contributed by atoms with Gasteiger partial charge >= 0.3 is 5.97 Å². The van der Waals surface area contributed by atoms with Crippen molar-refractivity contribution in [3.8, 4) is 0 Å². The second-order valence-corrected chi connectivity index (χ2v) is 7.00. The van der Waals surface area contributed by atoms with Gasteiger partial charge in [-0.15, -0.1) is 11.3 Å². The second kappa shape index (κ2) is 7.23. The minimum absolute atomic E-state index is 0.0835. The lowest BCUT2D eigenvalue weighted by Gasteiger charge is -2.35. The van der Waals surface area contributed by atoms with E-state index >= 15 is 0 Å². The highest BCUT2D eigenvalue weighted by molar-refractivity contribution is 7.10. The monoisotopic (exact) mass is 295 g/mol. The van der Waals surface area contributed by atoms with E-state index in [1.165, 1.54) is 31.2 Å². The molecule has 1 aromatic heterocycles. The molecule has 2 rings (SSSR count). The lowest BCUT2D eigenvalue weighted by atomic mass is 9.79. The van der Waals surface area contributed by atoms with E-state index in [-0.39, 0.29) is 12.0 Å². The molecule has 4 atom stereocenters. The number of hydrogen-bond acceptors (Lipinski definition) is 4. The Labute approximate surface area is 125 Å². The van der Waals surface area contributed by atoms with Gasteiger partial charge in [-0.05, 0) is 36.1 Å². The van der Waals surface area contributed by atoms with E-state index < -0.39 is 0 Å². The van der Waals surface area contributed by atoms with E-state index in [9.17, 15) is 4.79 Å². The van der Waals surface area contributed by atoms with E-state index in [4.69, 9.17) is 4.74 Å². The topological polar surface area (TPSA) is 38.3 Å². The van der Waals surface area contributed by atoms with E-state index in [0.717, 1.165) is 5.92 Å². The molecule has 1 N–H and O–H groups in total. The van der Waals surface area contributed by atoms with Gasteiger partial charge in [-0.25, -0.2) is 0 Å². The van der Waals surface area contributed by atoms with Crippen LogP contribution in [-0.4, -0.2) is 19.1 Å². The minimum atomic E-state index is -0.146. The predicted octanol–water partition coefficient (Wildman–Crippen LogP) is 3.77. The highest BCUT2D eigenvalue weighted by atomic mass is 32.1. The second-order valence-electron chi connectivity index (χ2n) is 6.02. The number of esters is 1. The molecule has 1 aromatic rings. The third-order valence-electron chi connectivity index (χ3n) is 4.36. The average molecular weight is 295 g/mol. The molecule has 0 bridgehead atoms. The lowest BCUT2D eigenvalue weighted by molar-refractivity contribution is -0.141. The normalized spacial score (nSPS) is 28.1. The molecule has 4 unspecified atom stereocenters. The van der Waals surface area contributed by atoms with Crippen molar-refractivity contribution in [3.05, 3.63) is 22.4 Å². The Morgan fingerprint density at radius 1 is 1.50 bits per heavy atom. The number of rotatable bonds is 5. The maximum atomic E-state index is 11.6. The summed E-state index contributed by atoms with van der Waals surface area (Å²) in [7, 11) is 1.46. The lowest BCUT2D eigenvalue weighted by Crippen LogP contribution is -2.42. The summed E-state index contributed by atoms with van der Waals surface area (Å²) in [4.78, 5) is 12.9. The molecule has 1 aliphatic carbocycles. The molecule has 0 amide bonds. The number of thiophene rings is 1. The quantitative estimate of drug-likeness (QED) is 0.840. The molecule has 1 saturated carbocycles. The van der Waals surface area contributed by atoms with Crippen molar-refractivity contribution in [2.24, 2.45) is 11.8 Å². The Morgan fingerprint density at radius 3 is 2.95 bits per heavy atom. The van der Waals surface area contributed by atoms with Crippen LogP contribution in [0.5, 0.6) is 0 Å². The van der Waals surface area contributed by atoms with Gasteiger partial charge in [-0.2, -0.15) is 0 Å². The van der Waals surface area contributed by atoms with Crippen molar-refractivity contribution < 1.29 is 9.53 Å². The van der Waals surface area contributed by atoms with Gasteiger partial charge in [0, 0.05) is 10.9 Å². The molecule has 3 nitrogen and oxygen atoms in total. The van der Waals surface area contributed by atoms with Crippen LogP contribution in [0, 0.1) is 11.8 Å². The number of carbonyl (C=O) groups excluding carboxylic acids is 1. The summed E-state index contributed by atoms with van der Waals surface area (Å²) in [5.41, 5.74) is 0. The van der Waals surface area contributed by atoms with Crippen LogP contribution in [0.25, 0.3) is 0 Å². The Balaban J connectivity index is 2.05. The first kappa shape index (κ1) is 15.5. The van der Waals surface area contributed by atoms with Crippen LogP contribution in [0.1, 0.15) is 50.4 Å². The Morgan fingerprint density at radius 2 is 2.30 bits per heavy atom. The summed E-state index contributed by atoms with van der Waals surface area (Å²) >= 11 is 1.70. The fraction of sp³-hybridized carbons (Fsp3) is 0.688. The van der Waals surface area contributed by atoms with Gasteiger partial charge in [0.05, 0.1) is 19.6 Å². The maximum absolute atomic E-state index is 11.6. The van der Waals surface area contributed by atoms with Gasteiger partial charge in [0.2, 0.25) is 0 Å². The number of carbonyl (C=O) groups is 1. The van der Waals surface area contributed by atoms with Crippen molar-refractivity contribution in [3.63, 3.8) is 0 Å². The standard InChI is InChI=1S/C16H25NO2S/c1-11-6-7-12(2)13(9-11)17-14(10-16(18)19-3)15-5-4-8-20-15/h4-5,8,11-14,17H,6-7,9-10H2,1-3H3. The van der Waals surface area contributed by atoms with Crippen molar-refractivity contribution in [1.29, 1.82) is 0 Å². The minimum Gasteiger partial charge on any atom is -0.469 e. The summed E-state index contributed by atoms with van der Waals surface area (Å²) < 4.78 is 4.84.